The predicted molar refractivity (Wildman–Crippen MR) is 97.6 cm³/mol. The summed E-state index contributed by atoms with van der Waals surface area (Å²) in [7, 11) is 0. The molecule has 0 radical (unpaired) electrons. The first-order chi connectivity index (χ1) is 12.1. The summed E-state index contributed by atoms with van der Waals surface area (Å²) in [5, 5.41) is 12.7. The molecule has 5 nitrogen and oxygen atoms in total. The Balaban J connectivity index is 2.13. The van der Waals surface area contributed by atoms with E-state index in [4.69, 9.17) is 4.98 Å². The summed E-state index contributed by atoms with van der Waals surface area (Å²) in [6, 6.07) is 20.7. The average molecular weight is 328 g/mol. The molecule has 5 heteroatoms. The first-order valence-corrected chi connectivity index (χ1v) is 7.72. The summed E-state index contributed by atoms with van der Waals surface area (Å²) in [6.45, 7) is 0. The second kappa shape index (κ2) is 5.79. The van der Waals surface area contributed by atoms with Crippen molar-refractivity contribution in [2.75, 3.05) is 0 Å². The Kier molecular flexibility index (Phi) is 3.47. The number of hydrogen-bond donors (Lipinski definition) is 0. The molecule has 4 aromatic rings. The van der Waals surface area contributed by atoms with Gasteiger partial charge in [-0.25, -0.2) is 4.98 Å². The van der Waals surface area contributed by atoms with Crippen molar-refractivity contribution in [1.29, 1.82) is 0 Å². The van der Waals surface area contributed by atoms with Crippen molar-refractivity contribution in [2.24, 2.45) is 0 Å². The van der Waals surface area contributed by atoms with Gasteiger partial charge in [0, 0.05) is 33.9 Å². The van der Waals surface area contributed by atoms with E-state index in [1.807, 2.05) is 30.3 Å². The van der Waals surface area contributed by atoms with Crippen LogP contribution in [0.2, 0.25) is 0 Å². The molecule has 0 N–H and O–H groups in total. The summed E-state index contributed by atoms with van der Waals surface area (Å²) < 4.78 is 0. The lowest BCUT2D eigenvalue weighted by Gasteiger charge is -2.02. The fourth-order valence-corrected chi connectivity index (χ4v) is 2.94. The van der Waals surface area contributed by atoms with Crippen LogP contribution in [0.1, 0.15) is 0 Å². The number of benzene rings is 3. The summed E-state index contributed by atoms with van der Waals surface area (Å²) in [5.74, 6) is 0. The maximum Gasteiger partial charge on any atom is 0.269 e. The maximum atomic E-state index is 12.9. The van der Waals surface area contributed by atoms with Gasteiger partial charge in [0.2, 0.25) is 0 Å². The lowest BCUT2D eigenvalue weighted by Crippen LogP contribution is -1.97. The molecule has 0 unspecified atom stereocenters. The van der Waals surface area contributed by atoms with Crippen molar-refractivity contribution in [2.45, 2.75) is 0 Å². The fourth-order valence-electron chi connectivity index (χ4n) is 2.94. The van der Waals surface area contributed by atoms with Gasteiger partial charge >= 0.3 is 0 Å². The minimum Gasteiger partial charge on any atom is -0.289 e. The number of non-ortho nitro benzene ring substituents is 1. The molecule has 0 aliphatic rings. The molecule has 0 aliphatic carbocycles. The number of aromatic nitrogens is 1. The van der Waals surface area contributed by atoms with Crippen LogP contribution in [-0.2, 0) is 0 Å². The first kappa shape index (κ1) is 15.0. The normalized spacial score (nSPS) is 10.9. The molecule has 4 rings (SSSR count). The van der Waals surface area contributed by atoms with Gasteiger partial charge in [0.05, 0.1) is 16.1 Å². The van der Waals surface area contributed by atoms with Gasteiger partial charge in [-0.3, -0.25) is 14.9 Å². The number of nitro groups is 1. The number of hydrogen-bond acceptors (Lipinski definition) is 4. The van der Waals surface area contributed by atoms with Crippen molar-refractivity contribution in [3.8, 4) is 11.3 Å². The first-order valence-electron chi connectivity index (χ1n) is 7.72. The van der Waals surface area contributed by atoms with E-state index >= 15 is 0 Å². The quantitative estimate of drug-likeness (QED) is 0.406. The zero-order chi connectivity index (χ0) is 17.4. The minimum absolute atomic E-state index is 0.0164. The Bertz CT molecular complexity index is 1190. The zero-order valence-corrected chi connectivity index (χ0v) is 13.0. The molecule has 1 aromatic heterocycles. The Labute approximate surface area is 142 Å². The average Bonchev–Trinajstić information content (AvgIpc) is 2.78. The van der Waals surface area contributed by atoms with Crippen LogP contribution in [0.3, 0.4) is 0 Å². The van der Waals surface area contributed by atoms with Crippen molar-refractivity contribution in [3.05, 3.63) is 93.1 Å². The summed E-state index contributed by atoms with van der Waals surface area (Å²) in [4.78, 5) is 28.0. The highest BCUT2D eigenvalue weighted by Crippen LogP contribution is 2.27. The molecule has 0 spiro atoms. The third kappa shape index (κ3) is 2.52. The van der Waals surface area contributed by atoms with Crippen LogP contribution in [0.25, 0.3) is 32.9 Å². The van der Waals surface area contributed by atoms with Crippen molar-refractivity contribution < 1.29 is 4.92 Å². The number of para-hydroxylation sites is 1. The highest BCUT2D eigenvalue weighted by Gasteiger charge is 2.11. The highest BCUT2D eigenvalue weighted by molar-refractivity contribution is 5.99. The van der Waals surface area contributed by atoms with Gasteiger partial charge in [-0.15, -0.1) is 0 Å². The molecular formula is C20H12N2O3. The van der Waals surface area contributed by atoms with E-state index in [9.17, 15) is 14.9 Å². The topological polar surface area (TPSA) is 73.1 Å². The monoisotopic (exact) mass is 328 g/mol. The number of fused-ring (bicyclic) bond motifs is 2. The fraction of sp³-hybridized carbons (Fsp3) is 0. The molecule has 0 saturated carbocycles. The van der Waals surface area contributed by atoms with Crippen LogP contribution >= 0.6 is 0 Å². The molecule has 0 saturated heterocycles. The van der Waals surface area contributed by atoms with E-state index in [0.717, 1.165) is 10.9 Å². The largest absolute Gasteiger partial charge is 0.289 e. The molecule has 0 bridgehead atoms. The zero-order valence-electron chi connectivity index (χ0n) is 13.0. The lowest BCUT2D eigenvalue weighted by molar-refractivity contribution is -0.384. The minimum atomic E-state index is -0.439. The number of nitrogens with zero attached hydrogens (tertiary/aromatic N) is 2. The number of rotatable bonds is 2. The third-order valence-electron chi connectivity index (χ3n) is 4.16. The molecule has 0 fully saturated rings. The van der Waals surface area contributed by atoms with E-state index in [2.05, 4.69) is 0 Å². The second-order valence-electron chi connectivity index (χ2n) is 5.66. The Morgan fingerprint density at radius 3 is 2.04 bits per heavy atom. The summed E-state index contributed by atoms with van der Waals surface area (Å²) in [6.07, 6.45) is 0. The molecule has 0 atom stereocenters. The Hall–Kier alpha value is -3.60. The van der Waals surface area contributed by atoms with Crippen LogP contribution in [0, 0.1) is 10.1 Å². The van der Waals surface area contributed by atoms with E-state index in [1.165, 1.54) is 12.1 Å². The molecule has 3 aromatic carbocycles. The van der Waals surface area contributed by atoms with Crippen LogP contribution in [0.5, 0.6) is 0 Å². The summed E-state index contributed by atoms with van der Waals surface area (Å²) >= 11 is 0. The van der Waals surface area contributed by atoms with Gasteiger partial charge in [-0.05, 0) is 24.3 Å². The van der Waals surface area contributed by atoms with E-state index in [1.54, 1.807) is 30.3 Å². The SMILES string of the molecule is O=c1c2ccccc2nc(-c2ccc([N+](=O)[O-])cc2)c2ccccc12. The molecule has 0 amide bonds. The van der Waals surface area contributed by atoms with Gasteiger partial charge in [-0.1, -0.05) is 36.4 Å². The lowest BCUT2D eigenvalue weighted by atomic mass is 10.0. The molecule has 1 heterocycles. The third-order valence-corrected chi connectivity index (χ3v) is 4.16. The highest BCUT2D eigenvalue weighted by atomic mass is 16.6. The van der Waals surface area contributed by atoms with Crippen LogP contribution in [0.15, 0.2) is 77.6 Å². The van der Waals surface area contributed by atoms with Crippen LogP contribution < -0.4 is 5.43 Å². The van der Waals surface area contributed by atoms with Crippen LogP contribution in [0.4, 0.5) is 5.69 Å². The Morgan fingerprint density at radius 2 is 1.36 bits per heavy atom. The molecule has 0 aliphatic heterocycles. The van der Waals surface area contributed by atoms with Gasteiger partial charge in [0.25, 0.3) is 5.69 Å². The van der Waals surface area contributed by atoms with Gasteiger partial charge < -0.3 is 0 Å². The summed E-state index contributed by atoms with van der Waals surface area (Å²) in [5.41, 5.74) is 1.89. The second-order valence-corrected chi connectivity index (χ2v) is 5.66. The van der Waals surface area contributed by atoms with E-state index in [0.29, 0.717) is 22.0 Å². The maximum absolute atomic E-state index is 12.9. The van der Waals surface area contributed by atoms with Gasteiger partial charge in [0.1, 0.15) is 0 Å². The van der Waals surface area contributed by atoms with E-state index in [-0.39, 0.29) is 11.1 Å². The molecule has 25 heavy (non-hydrogen) atoms. The molecular weight excluding hydrogens is 316 g/mol. The number of nitro benzene ring substituents is 1. The van der Waals surface area contributed by atoms with Crippen molar-refractivity contribution in [1.82, 2.24) is 4.98 Å². The molecule has 120 valence electrons. The van der Waals surface area contributed by atoms with E-state index < -0.39 is 4.92 Å². The smallest absolute Gasteiger partial charge is 0.269 e. The van der Waals surface area contributed by atoms with Gasteiger partial charge in [-0.2, -0.15) is 0 Å². The van der Waals surface area contributed by atoms with Crippen molar-refractivity contribution >= 4 is 27.4 Å². The van der Waals surface area contributed by atoms with Gasteiger partial charge in [0.15, 0.2) is 5.43 Å². The predicted octanol–water partition coefficient (Wildman–Crippen LogP) is 4.32. The Morgan fingerprint density at radius 1 is 0.760 bits per heavy atom. The standard InChI is InChI=1S/C20H12N2O3/c23-20-16-6-2-1-5-15(16)19(21-18-8-4-3-7-17(18)20)13-9-11-14(12-10-13)22(24)25/h1-12H. The van der Waals surface area contributed by atoms with Crippen molar-refractivity contribution in [3.63, 3.8) is 0 Å². The van der Waals surface area contributed by atoms with Crippen LogP contribution in [-0.4, -0.2) is 9.91 Å².